The summed E-state index contributed by atoms with van der Waals surface area (Å²) >= 11 is 0. The number of amides is 9. The maximum Gasteiger partial charge on any atom is 0.326 e. The normalized spacial score (nSPS) is 17.9. The van der Waals surface area contributed by atoms with Gasteiger partial charge in [0.2, 0.25) is 53.2 Å². The zero-order valence-electron chi connectivity index (χ0n) is 34.3. The number of carboxylic acids is 1. The molecule has 15 N–H and O–H groups in total. The number of rotatable bonds is 24. The van der Waals surface area contributed by atoms with Crippen molar-refractivity contribution in [1.82, 2.24) is 41.7 Å². The Labute approximate surface area is 347 Å². The Hall–Kier alpha value is -6.07. The van der Waals surface area contributed by atoms with E-state index in [0.29, 0.717) is 12.8 Å². The Morgan fingerprint density at radius 2 is 1.23 bits per heavy atom. The van der Waals surface area contributed by atoms with Gasteiger partial charge in [-0.3, -0.25) is 48.1 Å². The number of hydrogen-bond donors (Lipinski definition) is 11. The molecule has 0 aromatic carbocycles. The van der Waals surface area contributed by atoms with Crippen LogP contribution in [0.3, 0.4) is 0 Å². The van der Waals surface area contributed by atoms with Gasteiger partial charge in [-0.05, 0) is 64.2 Å². The van der Waals surface area contributed by atoms with Gasteiger partial charge in [-0.25, -0.2) is 4.79 Å². The molecule has 2 aliphatic heterocycles. The molecule has 2 fully saturated rings. The van der Waals surface area contributed by atoms with Gasteiger partial charge in [-0.1, -0.05) is 13.8 Å². The Morgan fingerprint density at radius 3 is 1.72 bits per heavy atom. The Morgan fingerprint density at radius 1 is 0.700 bits per heavy atom. The first-order valence-electron chi connectivity index (χ1n) is 19.9. The highest BCUT2D eigenvalue weighted by molar-refractivity contribution is 5.97. The molecule has 336 valence electrons. The summed E-state index contributed by atoms with van der Waals surface area (Å²) in [4.78, 5) is 133. The minimum absolute atomic E-state index is 0.0237. The highest BCUT2D eigenvalue weighted by Crippen LogP contribution is 2.19. The molecule has 2 aliphatic rings. The fourth-order valence-electron chi connectivity index (χ4n) is 6.67. The first-order chi connectivity index (χ1) is 28.2. The molecule has 0 bridgehead atoms. The van der Waals surface area contributed by atoms with Crippen LogP contribution in [-0.2, 0) is 47.9 Å². The molecule has 6 atom stereocenters. The molecular formula is C36H61N13O11. The van der Waals surface area contributed by atoms with Gasteiger partial charge in [0.25, 0.3) is 0 Å². The molecule has 2 heterocycles. The minimum Gasteiger partial charge on any atom is -0.480 e. The number of nitrogens with one attached hydrogen (secondary N) is 6. The second-order valence-corrected chi connectivity index (χ2v) is 15.0. The van der Waals surface area contributed by atoms with E-state index >= 15 is 0 Å². The van der Waals surface area contributed by atoms with E-state index in [4.69, 9.17) is 22.9 Å². The summed E-state index contributed by atoms with van der Waals surface area (Å²) in [5.41, 5.74) is 21.2. The molecule has 0 saturated carbocycles. The Bertz CT molecular complexity index is 1620. The molecule has 2 rings (SSSR count). The van der Waals surface area contributed by atoms with Crippen molar-refractivity contribution in [2.45, 2.75) is 115 Å². The molecule has 24 heteroatoms. The lowest BCUT2D eigenvalue weighted by Gasteiger charge is -2.27. The van der Waals surface area contributed by atoms with Gasteiger partial charge in [0, 0.05) is 26.1 Å². The van der Waals surface area contributed by atoms with E-state index in [2.05, 4.69) is 36.9 Å². The van der Waals surface area contributed by atoms with Crippen LogP contribution in [0.1, 0.15) is 78.6 Å². The molecule has 2 saturated heterocycles. The summed E-state index contributed by atoms with van der Waals surface area (Å²) < 4.78 is 0. The quantitative estimate of drug-likeness (QED) is 0.0245. The summed E-state index contributed by atoms with van der Waals surface area (Å²) in [6, 6.07) is -6.71. The van der Waals surface area contributed by atoms with Crippen LogP contribution in [0.4, 0.5) is 0 Å². The second kappa shape index (κ2) is 24.8. The van der Waals surface area contributed by atoms with Crippen molar-refractivity contribution >= 4 is 65.1 Å². The summed E-state index contributed by atoms with van der Waals surface area (Å²) in [7, 11) is 0. The molecule has 0 radical (unpaired) electrons. The van der Waals surface area contributed by atoms with Gasteiger partial charge in [-0.15, -0.1) is 0 Å². The molecule has 60 heavy (non-hydrogen) atoms. The number of aliphatic imine (C=N–C) groups is 1. The number of nitrogens with two attached hydrogens (primary N) is 4. The second-order valence-electron chi connectivity index (χ2n) is 15.0. The molecule has 0 aromatic heterocycles. The van der Waals surface area contributed by atoms with Crippen molar-refractivity contribution in [3.63, 3.8) is 0 Å². The number of nitrogens with zero attached hydrogens (tertiary/aromatic N) is 3. The number of primary amides is 1. The first-order valence-corrected chi connectivity index (χ1v) is 19.9. The third-order valence-corrected chi connectivity index (χ3v) is 9.75. The van der Waals surface area contributed by atoms with Crippen molar-refractivity contribution in [1.29, 1.82) is 0 Å². The lowest BCUT2D eigenvalue weighted by atomic mass is 10.0. The van der Waals surface area contributed by atoms with Crippen LogP contribution < -0.4 is 54.8 Å². The van der Waals surface area contributed by atoms with Crippen LogP contribution in [-0.4, -0.2) is 156 Å². The number of likely N-dealkylation sites (tertiary alicyclic amines) is 2. The number of guanidine groups is 1. The maximum atomic E-state index is 13.5. The predicted octanol–water partition coefficient (Wildman–Crippen LogP) is -5.43. The van der Waals surface area contributed by atoms with Crippen LogP contribution in [0.25, 0.3) is 0 Å². The lowest BCUT2D eigenvalue weighted by molar-refractivity contribution is -0.144. The van der Waals surface area contributed by atoms with Crippen LogP contribution >= 0.6 is 0 Å². The van der Waals surface area contributed by atoms with Gasteiger partial charge in [0.15, 0.2) is 5.96 Å². The summed E-state index contributed by atoms with van der Waals surface area (Å²) in [6.45, 7) is 4.10. The van der Waals surface area contributed by atoms with Gasteiger partial charge < -0.3 is 69.7 Å². The SMILES string of the molecule is CC(C)C[C@H](NC(=O)CN)C(=O)N[C@@H](C)C(=O)NCC(=O)N1CCC[C@H]1C(=O)N[C@@H](CCC(N)=O)C(=O)NCC(=O)N1CCC[C@H]1C(=O)N[C@@H](CCCN=C(N)N)C(=O)O. The van der Waals surface area contributed by atoms with Crippen LogP contribution in [0, 0.1) is 5.92 Å². The van der Waals surface area contributed by atoms with Gasteiger partial charge in [0.05, 0.1) is 19.6 Å². The molecule has 24 nitrogen and oxygen atoms in total. The molecule has 0 aliphatic carbocycles. The zero-order valence-corrected chi connectivity index (χ0v) is 34.3. The lowest BCUT2D eigenvalue weighted by Crippen LogP contribution is -2.56. The van der Waals surface area contributed by atoms with Crippen LogP contribution in [0.15, 0.2) is 4.99 Å². The third kappa shape index (κ3) is 16.7. The Balaban J connectivity index is 2.00. The van der Waals surface area contributed by atoms with E-state index in [1.54, 1.807) is 0 Å². The fourth-order valence-corrected chi connectivity index (χ4v) is 6.67. The first kappa shape index (κ1) is 50.1. The number of aliphatic carboxylic acids is 1. The number of carbonyl (C=O) groups is 10. The number of carbonyl (C=O) groups excluding carboxylic acids is 9. The number of carboxylic acid groups (broad SMARTS) is 1. The highest BCUT2D eigenvalue weighted by atomic mass is 16.4. The third-order valence-electron chi connectivity index (χ3n) is 9.75. The van der Waals surface area contributed by atoms with Gasteiger partial charge >= 0.3 is 5.97 Å². The van der Waals surface area contributed by atoms with E-state index in [9.17, 15) is 53.1 Å². The fraction of sp³-hybridized carbons (Fsp3) is 0.694. The highest BCUT2D eigenvalue weighted by Gasteiger charge is 2.38. The largest absolute Gasteiger partial charge is 0.480 e. The monoisotopic (exact) mass is 851 g/mol. The standard InChI is InChI=1S/C36H61N13O11/c1-19(2)15-23(45-27(51)16-37)32(56)44-20(3)30(54)42-17-28(52)48-13-5-8-24(48)33(57)46-21(10-11-26(38)50)31(55)43-18-29(53)49-14-6-9-25(49)34(58)47-22(35(59)60)7-4-12-41-36(39)40/h19-25H,4-18,37H2,1-3H3,(H2,38,50)(H,42,54)(H,43,55)(H,44,56)(H,45,51)(H,46,57)(H,47,58)(H,59,60)(H4,39,40,41)/t20-,21-,22-,23-,24-,25-/m0/s1. The van der Waals surface area contributed by atoms with Crippen molar-refractivity contribution in [2.24, 2.45) is 33.8 Å². The average molecular weight is 852 g/mol. The van der Waals surface area contributed by atoms with E-state index in [1.807, 2.05) is 13.8 Å². The van der Waals surface area contributed by atoms with E-state index in [0.717, 1.165) is 0 Å². The summed E-state index contributed by atoms with van der Waals surface area (Å²) in [5, 5.41) is 24.5. The van der Waals surface area contributed by atoms with E-state index in [-0.39, 0.29) is 83.0 Å². The van der Waals surface area contributed by atoms with Gasteiger partial charge in [0.1, 0.15) is 36.3 Å². The molecule has 0 spiro atoms. The van der Waals surface area contributed by atoms with Crippen molar-refractivity contribution < 1.29 is 53.1 Å². The predicted molar refractivity (Wildman–Crippen MR) is 213 cm³/mol. The minimum atomic E-state index is -1.36. The van der Waals surface area contributed by atoms with Crippen molar-refractivity contribution in [3.05, 3.63) is 0 Å². The average Bonchev–Trinajstić information content (AvgIpc) is 3.89. The molecule has 0 aromatic rings. The van der Waals surface area contributed by atoms with Crippen molar-refractivity contribution in [3.8, 4) is 0 Å². The summed E-state index contributed by atoms with van der Waals surface area (Å²) in [5.74, 6) is -7.59. The number of hydrogen-bond acceptors (Lipinski definition) is 12. The van der Waals surface area contributed by atoms with Crippen molar-refractivity contribution in [2.75, 3.05) is 39.3 Å². The molecular weight excluding hydrogens is 790 g/mol. The van der Waals surface area contributed by atoms with E-state index in [1.165, 1.54) is 16.7 Å². The van der Waals surface area contributed by atoms with Gasteiger partial charge in [-0.2, -0.15) is 0 Å². The molecule has 9 amide bonds. The van der Waals surface area contributed by atoms with Crippen LogP contribution in [0.5, 0.6) is 0 Å². The van der Waals surface area contributed by atoms with E-state index < -0.39 is 108 Å². The topological polar surface area (TPSA) is 386 Å². The summed E-state index contributed by atoms with van der Waals surface area (Å²) in [6.07, 6.45) is 1.31. The molecule has 0 unspecified atom stereocenters. The zero-order chi connectivity index (χ0) is 45.1. The maximum absolute atomic E-state index is 13.5. The smallest absolute Gasteiger partial charge is 0.326 e. The Kier molecular flexibility index (Phi) is 20.7. The van der Waals surface area contributed by atoms with Crippen LogP contribution in [0.2, 0.25) is 0 Å².